The zero-order valence-corrected chi connectivity index (χ0v) is 12.8. The van der Waals surface area contributed by atoms with Gasteiger partial charge in [0.1, 0.15) is 5.75 Å². The summed E-state index contributed by atoms with van der Waals surface area (Å²) in [6.45, 7) is 2.52. The summed E-state index contributed by atoms with van der Waals surface area (Å²) < 4.78 is 40.7. The quantitative estimate of drug-likeness (QED) is 0.893. The smallest absolute Gasteiger partial charge is 0.422 e. The topological polar surface area (TPSA) is 38.3 Å². The second-order valence-corrected chi connectivity index (χ2v) is 5.99. The van der Waals surface area contributed by atoms with Gasteiger partial charge in [0.25, 0.3) is 5.91 Å². The largest absolute Gasteiger partial charge is 0.484 e. The monoisotopic (exact) mass is 329 g/mol. The van der Waals surface area contributed by atoms with Gasteiger partial charge in [0.05, 0.1) is 4.88 Å². The number of nitrogens with one attached hydrogen (secondary N) is 1. The van der Waals surface area contributed by atoms with E-state index in [-0.39, 0.29) is 11.7 Å². The molecule has 0 aliphatic heterocycles. The molecular weight excluding hydrogens is 315 g/mol. The molecule has 7 heteroatoms. The number of aryl methyl sites for hydroxylation is 2. The number of thiophene rings is 1. The number of carbonyl (C=O) groups is 1. The molecule has 0 unspecified atom stereocenters. The van der Waals surface area contributed by atoms with Gasteiger partial charge < -0.3 is 10.1 Å². The number of rotatable bonds is 4. The van der Waals surface area contributed by atoms with Gasteiger partial charge in [0.15, 0.2) is 6.61 Å². The maximum Gasteiger partial charge on any atom is 0.422 e. The van der Waals surface area contributed by atoms with Gasteiger partial charge in [0, 0.05) is 10.6 Å². The molecule has 0 atom stereocenters. The lowest BCUT2D eigenvalue weighted by molar-refractivity contribution is -0.153. The lowest BCUT2D eigenvalue weighted by Crippen LogP contribution is -2.19. The highest BCUT2D eigenvalue weighted by Crippen LogP contribution is 2.23. The molecule has 1 aromatic heterocycles. The molecule has 22 heavy (non-hydrogen) atoms. The van der Waals surface area contributed by atoms with Crippen LogP contribution in [0, 0.1) is 13.8 Å². The Morgan fingerprint density at radius 2 is 1.86 bits per heavy atom. The zero-order chi connectivity index (χ0) is 16.3. The number of halogens is 3. The third-order valence-corrected chi connectivity index (χ3v) is 4.06. The van der Waals surface area contributed by atoms with E-state index >= 15 is 0 Å². The van der Waals surface area contributed by atoms with Crippen molar-refractivity contribution in [3.63, 3.8) is 0 Å². The van der Waals surface area contributed by atoms with Crippen molar-refractivity contribution in [2.75, 3.05) is 11.9 Å². The van der Waals surface area contributed by atoms with E-state index in [9.17, 15) is 18.0 Å². The maximum atomic E-state index is 12.0. The van der Waals surface area contributed by atoms with Gasteiger partial charge in [-0.15, -0.1) is 11.3 Å². The molecular formula is C15H14F3NO2S. The molecule has 0 fully saturated rings. The van der Waals surface area contributed by atoms with Gasteiger partial charge in [-0.25, -0.2) is 0 Å². The highest BCUT2D eigenvalue weighted by molar-refractivity contribution is 7.14. The second kappa shape index (κ2) is 6.39. The van der Waals surface area contributed by atoms with E-state index in [0.717, 1.165) is 10.4 Å². The molecule has 0 bridgehead atoms. The fourth-order valence-corrected chi connectivity index (χ4v) is 2.61. The van der Waals surface area contributed by atoms with Crippen molar-refractivity contribution in [2.45, 2.75) is 20.0 Å². The van der Waals surface area contributed by atoms with Crippen LogP contribution in [0.3, 0.4) is 0 Å². The van der Waals surface area contributed by atoms with Crippen LogP contribution in [-0.4, -0.2) is 18.7 Å². The van der Waals surface area contributed by atoms with Crippen molar-refractivity contribution in [1.82, 2.24) is 0 Å². The lowest BCUT2D eigenvalue weighted by atomic mass is 10.2. The van der Waals surface area contributed by atoms with Crippen LogP contribution in [-0.2, 0) is 0 Å². The second-order valence-electron chi connectivity index (χ2n) is 4.73. The number of hydrogen-bond acceptors (Lipinski definition) is 3. The van der Waals surface area contributed by atoms with Crippen LogP contribution in [0.5, 0.6) is 5.75 Å². The SMILES string of the molecule is Cc1cc(C(=O)Nc2ccc(OCC(F)(F)F)cc2)sc1C. The predicted octanol–water partition coefficient (Wildman–Crippen LogP) is 4.56. The van der Waals surface area contributed by atoms with Gasteiger partial charge in [-0.1, -0.05) is 0 Å². The van der Waals surface area contributed by atoms with Crippen LogP contribution in [0.2, 0.25) is 0 Å². The summed E-state index contributed by atoms with van der Waals surface area (Å²) in [5.41, 5.74) is 1.54. The summed E-state index contributed by atoms with van der Waals surface area (Å²) in [6, 6.07) is 7.56. The van der Waals surface area contributed by atoms with Crippen LogP contribution in [0.15, 0.2) is 30.3 Å². The summed E-state index contributed by atoms with van der Waals surface area (Å²) in [7, 11) is 0. The molecule has 0 aliphatic carbocycles. The number of amides is 1. The van der Waals surface area contributed by atoms with E-state index in [1.165, 1.54) is 35.6 Å². The third-order valence-electron chi connectivity index (χ3n) is 2.90. The van der Waals surface area contributed by atoms with E-state index in [0.29, 0.717) is 10.6 Å². The van der Waals surface area contributed by atoms with E-state index in [1.807, 2.05) is 13.8 Å². The summed E-state index contributed by atoms with van der Waals surface area (Å²) in [5.74, 6) is -0.150. The lowest BCUT2D eigenvalue weighted by Gasteiger charge is -2.09. The number of ether oxygens (including phenoxy) is 1. The number of alkyl halides is 3. The summed E-state index contributed by atoms with van der Waals surface area (Å²) in [4.78, 5) is 13.7. The summed E-state index contributed by atoms with van der Waals surface area (Å²) >= 11 is 1.39. The molecule has 1 amide bonds. The first-order chi connectivity index (χ1) is 10.2. The average molecular weight is 329 g/mol. The molecule has 1 N–H and O–H groups in total. The molecule has 2 aromatic rings. The Labute approximate surface area is 129 Å². The highest BCUT2D eigenvalue weighted by Gasteiger charge is 2.28. The molecule has 0 saturated heterocycles. The number of carbonyl (C=O) groups excluding carboxylic acids is 1. The Morgan fingerprint density at radius 1 is 1.23 bits per heavy atom. The Hall–Kier alpha value is -2.02. The zero-order valence-electron chi connectivity index (χ0n) is 12.0. The first-order valence-electron chi connectivity index (χ1n) is 6.42. The molecule has 1 aromatic carbocycles. The van der Waals surface area contributed by atoms with Crippen molar-refractivity contribution < 1.29 is 22.7 Å². The average Bonchev–Trinajstić information content (AvgIpc) is 2.77. The number of benzene rings is 1. The Balaban J connectivity index is 1.97. The van der Waals surface area contributed by atoms with Crippen LogP contribution in [0.25, 0.3) is 0 Å². The maximum absolute atomic E-state index is 12.0. The van der Waals surface area contributed by atoms with Gasteiger partial charge >= 0.3 is 6.18 Å². The minimum absolute atomic E-state index is 0.0955. The number of anilines is 1. The van der Waals surface area contributed by atoms with E-state index in [4.69, 9.17) is 0 Å². The van der Waals surface area contributed by atoms with Gasteiger partial charge in [-0.05, 0) is 49.7 Å². The van der Waals surface area contributed by atoms with Crippen molar-refractivity contribution in [1.29, 1.82) is 0 Å². The molecule has 3 nitrogen and oxygen atoms in total. The molecule has 2 rings (SSSR count). The fourth-order valence-electron chi connectivity index (χ4n) is 1.68. The molecule has 0 spiro atoms. The Bertz CT molecular complexity index is 643. The Morgan fingerprint density at radius 3 is 2.36 bits per heavy atom. The molecule has 118 valence electrons. The van der Waals surface area contributed by atoms with Crippen molar-refractivity contribution in [2.24, 2.45) is 0 Å². The third kappa shape index (κ3) is 4.49. The van der Waals surface area contributed by atoms with Gasteiger partial charge in [-0.3, -0.25) is 4.79 Å². The minimum Gasteiger partial charge on any atom is -0.484 e. The van der Waals surface area contributed by atoms with E-state index < -0.39 is 12.8 Å². The normalized spacial score (nSPS) is 11.3. The van der Waals surface area contributed by atoms with Gasteiger partial charge in [-0.2, -0.15) is 13.2 Å². The van der Waals surface area contributed by atoms with E-state index in [1.54, 1.807) is 6.07 Å². The molecule has 0 aliphatic rings. The van der Waals surface area contributed by atoms with Crippen LogP contribution in [0.4, 0.5) is 18.9 Å². The number of hydrogen-bond donors (Lipinski definition) is 1. The Kier molecular flexibility index (Phi) is 4.75. The summed E-state index contributed by atoms with van der Waals surface area (Å²) in [5, 5.41) is 2.69. The first kappa shape index (κ1) is 16.4. The molecule has 0 radical (unpaired) electrons. The standard InChI is InChI=1S/C15H14F3NO2S/c1-9-7-13(22-10(9)2)14(20)19-11-3-5-12(6-4-11)21-8-15(16,17)18/h3-7H,8H2,1-2H3,(H,19,20). The highest BCUT2D eigenvalue weighted by atomic mass is 32.1. The predicted molar refractivity (Wildman–Crippen MR) is 79.7 cm³/mol. The van der Waals surface area contributed by atoms with Crippen LogP contribution >= 0.6 is 11.3 Å². The van der Waals surface area contributed by atoms with E-state index in [2.05, 4.69) is 10.1 Å². The van der Waals surface area contributed by atoms with Crippen molar-refractivity contribution in [3.8, 4) is 5.75 Å². The van der Waals surface area contributed by atoms with Gasteiger partial charge in [0.2, 0.25) is 0 Å². The van der Waals surface area contributed by atoms with Crippen molar-refractivity contribution >= 4 is 22.9 Å². The minimum atomic E-state index is -4.37. The van der Waals surface area contributed by atoms with Crippen LogP contribution in [0.1, 0.15) is 20.1 Å². The van der Waals surface area contributed by atoms with Crippen LogP contribution < -0.4 is 10.1 Å². The molecule has 0 saturated carbocycles. The first-order valence-corrected chi connectivity index (χ1v) is 7.24. The fraction of sp³-hybridized carbons (Fsp3) is 0.267. The molecule has 1 heterocycles. The van der Waals surface area contributed by atoms with Crippen molar-refractivity contribution in [3.05, 3.63) is 45.6 Å². The summed E-state index contributed by atoms with van der Waals surface area (Å²) in [6.07, 6.45) is -4.37.